The topological polar surface area (TPSA) is 125 Å². The van der Waals surface area contributed by atoms with E-state index in [1.165, 1.54) is 23.9 Å². The minimum atomic E-state index is -1.19. The molecule has 0 aliphatic heterocycles. The number of aryl methyl sites for hydroxylation is 1. The van der Waals surface area contributed by atoms with Crippen LogP contribution >= 0.6 is 0 Å². The van der Waals surface area contributed by atoms with Crippen molar-refractivity contribution in [3.63, 3.8) is 0 Å². The first kappa shape index (κ1) is 23.8. The largest absolute Gasteiger partial charge is 0.501 e. The SMILES string of the molecule is COc1cccc(F)c1-c1nc2c(cc1F)c(O)c([N+](=O)[O-])c(=O)n2-c1c(C(C)C)nn(C)c1C. The van der Waals surface area contributed by atoms with Crippen LogP contribution < -0.4 is 10.3 Å². The van der Waals surface area contributed by atoms with E-state index >= 15 is 4.39 Å². The van der Waals surface area contributed by atoms with Crippen LogP contribution in [0.2, 0.25) is 0 Å². The number of hydrogen-bond acceptors (Lipinski definition) is 7. The average Bonchev–Trinajstić information content (AvgIpc) is 3.08. The average molecular weight is 485 g/mol. The van der Waals surface area contributed by atoms with Crippen LogP contribution in [0, 0.1) is 28.7 Å². The molecule has 0 saturated heterocycles. The first-order valence-corrected chi connectivity index (χ1v) is 10.5. The Morgan fingerprint density at radius 2 is 1.91 bits per heavy atom. The van der Waals surface area contributed by atoms with Crippen LogP contribution in [0.1, 0.15) is 31.2 Å². The molecule has 0 radical (unpaired) electrons. The number of hydrogen-bond donors (Lipinski definition) is 1. The Morgan fingerprint density at radius 3 is 2.51 bits per heavy atom. The maximum atomic E-state index is 15.3. The third-order valence-corrected chi connectivity index (χ3v) is 5.77. The summed E-state index contributed by atoms with van der Waals surface area (Å²) in [6.07, 6.45) is 0. The molecule has 0 aliphatic carbocycles. The fourth-order valence-electron chi connectivity index (χ4n) is 3.99. The Labute approximate surface area is 197 Å². The molecule has 4 rings (SSSR count). The van der Waals surface area contributed by atoms with Gasteiger partial charge in [-0.25, -0.2) is 13.8 Å². The molecular weight excluding hydrogens is 464 g/mol. The summed E-state index contributed by atoms with van der Waals surface area (Å²) in [5, 5.41) is 26.3. The monoisotopic (exact) mass is 485 g/mol. The van der Waals surface area contributed by atoms with Crippen LogP contribution in [0.15, 0.2) is 29.1 Å². The number of methoxy groups -OCH3 is 1. The lowest BCUT2D eigenvalue weighted by Crippen LogP contribution is -2.24. The van der Waals surface area contributed by atoms with Crippen molar-refractivity contribution in [1.29, 1.82) is 0 Å². The maximum absolute atomic E-state index is 15.3. The third-order valence-electron chi connectivity index (χ3n) is 5.77. The highest BCUT2D eigenvalue weighted by Crippen LogP contribution is 2.39. The molecule has 3 aromatic heterocycles. The molecule has 0 saturated carbocycles. The second-order valence-electron chi connectivity index (χ2n) is 8.20. The van der Waals surface area contributed by atoms with Gasteiger partial charge in [0.05, 0.1) is 40.1 Å². The van der Waals surface area contributed by atoms with Crippen LogP contribution in [0.5, 0.6) is 11.5 Å². The molecule has 12 heteroatoms. The molecule has 1 N–H and O–H groups in total. The Hall–Kier alpha value is -4.35. The second-order valence-corrected chi connectivity index (χ2v) is 8.20. The van der Waals surface area contributed by atoms with Crippen LogP contribution in [-0.4, -0.2) is 36.5 Å². The normalized spacial score (nSPS) is 11.4. The van der Waals surface area contributed by atoms with Gasteiger partial charge >= 0.3 is 11.2 Å². The summed E-state index contributed by atoms with van der Waals surface area (Å²) in [6, 6.07) is 4.65. The van der Waals surface area contributed by atoms with Gasteiger partial charge in [-0.1, -0.05) is 19.9 Å². The Bertz CT molecular complexity index is 1580. The van der Waals surface area contributed by atoms with Gasteiger partial charge in [0.1, 0.15) is 17.3 Å². The first-order valence-electron chi connectivity index (χ1n) is 10.5. The smallest absolute Gasteiger partial charge is 0.376 e. The number of rotatable bonds is 5. The first-order chi connectivity index (χ1) is 16.5. The van der Waals surface area contributed by atoms with E-state index in [2.05, 4.69) is 10.1 Å². The number of aromatic hydroxyl groups is 1. The van der Waals surface area contributed by atoms with Crippen molar-refractivity contribution >= 4 is 16.7 Å². The Balaban J connectivity index is 2.26. The molecule has 4 aromatic rings. The summed E-state index contributed by atoms with van der Waals surface area (Å²) in [4.78, 5) is 28.3. The van der Waals surface area contributed by atoms with Crippen LogP contribution in [0.4, 0.5) is 14.5 Å². The number of nitro groups is 1. The third kappa shape index (κ3) is 3.57. The van der Waals surface area contributed by atoms with E-state index in [1.807, 2.05) is 13.8 Å². The van der Waals surface area contributed by atoms with Gasteiger partial charge in [0, 0.05) is 7.05 Å². The van der Waals surface area contributed by atoms with Gasteiger partial charge in [-0.3, -0.25) is 24.2 Å². The van der Waals surface area contributed by atoms with E-state index in [0.717, 1.165) is 16.7 Å². The van der Waals surface area contributed by atoms with E-state index in [4.69, 9.17) is 4.74 Å². The zero-order valence-electron chi connectivity index (χ0n) is 19.5. The van der Waals surface area contributed by atoms with E-state index in [9.17, 15) is 24.4 Å². The maximum Gasteiger partial charge on any atom is 0.376 e. The van der Waals surface area contributed by atoms with Crippen molar-refractivity contribution in [3.05, 3.63) is 67.8 Å². The lowest BCUT2D eigenvalue weighted by atomic mass is 10.1. The van der Waals surface area contributed by atoms with Gasteiger partial charge in [-0.2, -0.15) is 5.10 Å². The highest BCUT2D eigenvalue weighted by atomic mass is 19.1. The number of halogens is 2. The number of nitrogens with zero attached hydrogens (tertiary/aromatic N) is 5. The molecule has 1 aromatic carbocycles. The van der Waals surface area contributed by atoms with Gasteiger partial charge in [-0.15, -0.1) is 0 Å². The van der Waals surface area contributed by atoms with Gasteiger partial charge in [0.2, 0.25) is 5.75 Å². The molecule has 10 nitrogen and oxygen atoms in total. The number of aromatic nitrogens is 4. The predicted molar refractivity (Wildman–Crippen MR) is 123 cm³/mol. The van der Waals surface area contributed by atoms with Crippen molar-refractivity contribution in [2.75, 3.05) is 7.11 Å². The molecule has 3 heterocycles. The minimum absolute atomic E-state index is 0.0174. The summed E-state index contributed by atoms with van der Waals surface area (Å²) in [5.41, 5.74) is -2.36. The number of fused-ring (bicyclic) bond motifs is 1. The molecule has 0 fully saturated rings. The fraction of sp³-hybridized carbons (Fsp3) is 0.261. The van der Waals surface area contributed by atoms with E-state index in [-0.39, 0.29) is 28.6 Å². The molecule has 0 bridgehead atoms. The van der Waals surface area contributed by atoms with Crippen LogP contribution in [0.25, 0.3) is 28.0 Å². The second kappa shape index (κ2) is 8.46. The number of benzene rings is 1. The lowest BCUT2D eigenvalue weighted by Gasteiger charge is -2.16. The molecular formula is C23H21F2N5O5. The zero-order valence-corrected chi connectivity index (χ0v) is 19.5. The summed E-state index contributed by atoms with van der Waals surface area (Å²) >= 11 is 0. The molecule has 0 spiro atoms. The molecule has 182 valence electrons. The summed E-state index contributed by atoms with van der Waals surface area (Å²) in [7, 11) is 2.91. The zero-order chi connectivity index (χ0) is 25.8. The highest BCUT2D eigenvalue weighted by molar-refractivity contribution is 5.90. The van der Waals surface area contributed by atoms with Crippen molar-refractivity contribution in [2.45, 2.75) is 26.7 Å². The highest BCUT2D eigenvalue weighted by Gasteiger charge is 2.32. The van der Waals surface area contributed by atoms with Crippen LogP contribution in [0.3, 0.4) is 0 Å². The quantitative estimate of drug-likeness (QED) is 0.333. The standard InChI is InChI=1S/C23H21F2N5O5/c1-10(2)17-19(11(3)28(4)27-17)29-22-12(21(31)20(23(29)32)30(33)34)9-14(25)18(26-22)16-13(24)7-6-8-15(16)35-5/h6-10,31H,1-5H3. The summed E-state index contributed by atoms with van der Waals surface area (Å²) in [5.74, 6) is -3.20. The summed E-state index contributed by atoms with van der Waals surface area (Å²) in [6.45, 7) is 5.28. The van der Waals surface area contributed by atoms with Crippen molar-refractivity contribution in [3.8, 4) is 28.4 Å². The Morgan fingerprint density at radius 1 is 1.23 bits per heavy atom. The molecule has 0 aliphatic rings. The number of pyridine rings is 2. The van der Waals surface area contributed by atoms with Gasteiger partial charge < -0.3 is 9.84 Å². The molecule has 0 atom stereocenters. The van der Waals surface area contributed by atoms with E-state index < -0.39 is 44.6 Å². The summed E-state index contributed by atoms with van der Waals surface area (Å²) < 4.78 is 37.6. The lowest BCUT2D eigenvalue weighted by molar-refractivity contribution is -0.387. The van der Waals surface area contributed by atoms with Crippen molar-refractivity contribution in [2.24, 2.45) is 7.05 Å². The van der Waals surface area contributed by atoms with Gasteiger partial charge in [0.15, 0.2) is 11.5 Å². The molecule has 35 heavy (non-hydrogen) atoms. The van der Waals surface area contributed by atoms with Gasteiger partial charge in [-0.05, 0) is 31.0 Å². The molecule has 0 amide bonds. The fourth-order valence-corrected chi connectivity index (χ4v) is 3.99. The van der Waals surface area contributed by atoms with Crippen molar-refractivity contribution < 1.29 is 23.5 Å². The number of ether oxygens (including phenoxy) is 1. The van der Waals surface area contributed by atoms with Crippen molar-refractivity contribution in [1.82, 2.24) is 19.3 Å². The van der Waals surface area contributed by atoms with Gasteiger partial charge in [0.25, 0.3) is 0 Å². The molecule has 0 unspecified atom stereocenters. The Kier molecular flexibility index (Phi) is 5.75. The van der Waals surface area contributed by atoms with E-state index in [0.29, 0.717) is 11.4 Å². The minimum Gasteiger partial charge on any atom is -0.501 e. The van der Waals surface area contributed by atoms with E-state index in [1.54, 1.807) is 14.0 Å². The predicted octanol–water partition coefficient (Wildman–Crippen LogP) is 4.12. The van der Waals surface area contributed by atoms with Crippen LogP contribution in [-0.2, 0) is 7.05 Å².